The van der Waals surface area contributed by atoms with Crippen molar-refractivity contribution in [1.82, 2.24) is 9.80 Å². The number of hydrogen-bond acceptors (Lipinski definition) is 3. The predicted octanol–water partition coefficient (Wildman–Crippen LogP) is 3.24. The SMILES string of the molecule is CCCC(OC(CCC)C(C)N(C)C)C(C)N(C)C. The van der Waals surface area contributed by atoms with Crippen LogP contribution in [0.15, 0.2) is 0 Å². The zero-order valence-electron chi connectivity index (χ0n) is 14.4. The molecular weight excluding hydrogens is 236 g/mol. The molecule has 0 aliphatic carbocycles. The molecule has 0 radical (unpaired) electrons. The number of ether oxygens (including phenoxy) is 1. The summed E-state index contributed by atoms with van der Waals surface area (Å²) in [6, 6.07) is 0.933. The molecule has 0 saturated carbocycles. The van der Waals surface area contributed by atoms with Crippen LogP contribution in [0.5, 0.6) is 0 Å². The van der Waals surface area contributed by atoms with Gasteiger partial charge in [0, 0.05) is 12.1 Å². The first kappa shape index (κ1) is 18.9. The van der Waals surface area contributed by atoms with Gasteiger partial charge in [0.05, 0.1) is 12.2 Å². The van der Waals surface area contributed by atoms with Crippen molar-refractivity contribution < 1.29 is 4.74 Å². The molecule has 0 N–H and O–H groups in total. The molecule has 0 bridgehead atoms. The van der Waals surface area contributed by atoms with E-state index in [1.165, 1.54) is 12.8 Å². The molecule has 0 saturated heterocycles. The minimum absolute atomic E-state index is 0.332. The Kier molecular flexibility index (Phi) is 9.67. The molecule has 116 valence electrons. The highest BCUT2D eigenvalue weighted by Gasteiger charge is 2.26. The lowest BCUT2D eigenvalue weighted by atomic mass is 10.0. The lowest BCUT2D eigenvalue weighted by Crippen LogP contribution is -2.45. The van der Waals surface area contributed by atoms with Gasteiger partial charge in [0.2, 0.25) is 0 Å². The molecule has 0 aliphatic heterocycles. The van der Waals surface area contributed by atoms with Gasteiger partial charge in [0.25, 0.3) is 0 Å². The van der Waals surface area contributed by atoms with E-state index in [9.17, 15) is 0 Å². The van der Waals surface area contributed by atoms with Crippen LogP contribution in [0.1, 0.15) is 53.4 Å². The zero-order valence-corrected chi connectivity index (χ0v) is 14.4. The van der Waals surface area contributed by atoms with Gasteiger partial charge in [-0.05, 0) is 54.9 Å². The molecule has 0 aromatic heterocycles. The summed E-state index contributed by atoms with van der Waals surface area (Å²) in [4.78, 5) is 4.54. The Morgan fingerprint density at radius 1 is 0.737 bits per heavy atom. The highest BCUT2D eigenvalue weighted by Crippen LogP contribution is 2.19. The van der Waals surface area contributed by atoms with Crippen LogP contribution < -0.4 is 0 Å². The second-order valence-corrected chi connectivity index (χ2v) is 6.20. The molecular formula is C16H36N2O. The Morgan fingerprint density at radius 2 is 1.05 bits per heavy atom. The van der Waals surface area contributed by atoms with Gasteiger partial charge in [-0.1, -0.05) is 26.7 Å². The van der Waals surface area contributed by atoms with E-state index < -0.39 is 0 Å². The van der Waals surface area contributed by atoms with Crippen molar-refractivity contribution >= 4 is 0 Å². The summed E-state index contributed by atoms with van der Waals surface area (Å²) in [5.74, 6) is 0. The Morgan fingerprint density at radius 3 is 1.26 bits per heavy atom. The quantitative estimate of drug-likeness (QED) is 0.607. The smallest absolute Gasteiger partial charge is 0.0731 e. The summed E-state index contributed by atoms with van der Waals surface area (Å²) in [5.41, 5.74) is 0. The second-order valence-electron chi connectivity index (χ2n) is 6.20. The van der Waals surface area contributed by atoms with Crippen LogP contribution >= 0.6 is 0 Å². The molecule has 0 fully saturated rings. The average molecular weight is 272 g/mol. The highest BCUT2D eigenvalue weighted by atomic mass is 16.5. The van der Waals surface area contributed by atoms with E-state index in [4.69, 9.17) is 4.74 Å². The molecule has 4 unspecified atom stereocenters. The van der Waals surface area contributed by atoms with E-state index in [0.717, 1.165) is 12.8 Å². The number of hydrogen-bond donors (Lipinski definition) is 0. The Hall–Kier alpha value is -0.120. The van der Waals surface area contributed by atoms with Crippen LogP contribution in [0.3, 0.4) is 0 Å². The van der Waals surface area contributed by atoms with Crippen molar-refractivity contribution in [3.8, 4) is 0 Å². The van der Waals surface area contributed by atoms with Crippen molar-refractivity contribution in [2.45, 2.75) is 77.7 Å². The molecule has 0 aromatic rings. The van der Waals surface area contributed by atoms with Gasteiger partial charge in [0.1, 0.15) is 0 Å². The number of rotatable bonds is 10. The standard InChI is InChI=1S/C16H36N2O/c1-9-11-15(13(3)17(5)6)19-16(12-10-2)14(4)18(7)8/h13-16H,9-12H2,1-8H3. The van der Waals surface area contributed by atoms with Crippen molar-refractivity contribution in [3.05, 3.63) is 0 Å². The summed E-state index contributed by atoms with van der Waals surface area (Å²) < 4.78 is 6.49. The van der Waals surface area contributed by atoms with Crippen LogP contribution in [0.2, 0.25) is 0 Å². The average Bonchev–Trinajstić information content (AvgIpc) is 2.35. The van der Waals surface area contributed by atoms with Crippen LogP contribution in [-0.4, -0.2) is 62.3 Å². The van der Waals surface area contributed by atoms with E-state index in [1.807, 2.05) is 0 Å². The molecule has 3 nitrogen and oxygen atoms in total. The van der Waals surface area contributed by atoms with Crippen LogP contribution in [-0.2, 0) is 4.74 Å². The molecule has 0 aromatic carbocycles. The lowest BCUT2D eigenvalue weighted by molar-refractivity contribution is -0.0791. The third-order valence-electron chi connectivity index (χ3n) is 4.20. The Bertz CT molecular complexity index is 197. The van der Waals surface area contributed by atoms with E-state index in [2.05, 4.69) is 65.7 Å². The first-order valence-electron chi connectivity index (χ1n) is 7.83. The summed E-state index contributed by atoms with van der Waals surface area (Å²) >= 11 is 0. The maximum absolute atomic E-state index is 6.49. The largest absolute Gasteiger partial charge is 0.372 e. The minimum Gasteiger partial charge on any atom is -0.372 e. The van der Waals surface area contributed by atoms with Gasteiger partial charge in [-0.2, -0.15) is 0 Å². The van der Waals surface area contributed by atoms with Gasteiger partial charge in [-0.25, -0.2) is 0 Å². The van der Waals surface area contributed by atoms with Gasteiger partial charge in [0.15, 0.2) is 0 Å². The summed E-state index contributed by atoms with van der Waals surface area (Å²) in [6.07, 6.45) is 5.30. The molecule has 0 rings (SSSR count). The van der Waals surface area contributed by atoms with Crippen molar-refractivity contribution in [3.63, 3.8) is 0 Å². The molecule has 0 spiro atoms. The predicted molar refractivity (Wildman–Crippen MR) is 84.8 cm³/mol. The van der Waals surface area contributed by atoms with Crippen LogP contribution in [0.25, 0.3) is 0 Å². The maximum atomic E-state index is 6.49. The minimum atomic E-state index is 0.332. The molecule has 0 heterocycles. The first-order valence-corrected chi connectivity index (χ1v) is 7.83. The summed E-state index contributed by atoms with van der Waals surface area (Å²) in [6.45, 7) is 9.01. The molecule has 0 amide bonds. The molecule has 3 heteroatoms. The van der Waals surface area contributed by atoms with Gasteiger partial charge < -0.3 is 14.5 Å². The highest BCUT2D eigenvalue weighted by molar-refractivity contribution is 4.78. The fourth-order valence-corrected chi connectivity index (χ4v) is 2.30. The van der Waals surface area contributed by atoms with Gasteiger partial charge >= 0.3 is 0 Å². The van der Waals surface area contributed by atoms with Crippen LogP contribution in [0, 0.1) is 0 Å². The second kappa shape index (κ2) is 9.73. The fourth-order valence-electron chi connectivity index (χ4n) is 2.30. The monoisotopic (exact) mass is 272 g/mol. The molecule has 4 atom stereocenters. The lowest BCUT2D eigenvalue weighted by Gasteiger charge is -2.36. The normalized spacial score (nSPS) is 18.6. The summed E-state index contributed by atoms with van der Waals surface area (Å²) in [5, 5.41) is 0. The van der Waals surface area contributed by atoms with E-state index in [-0.39, 0.29) is 0 Å². The molecule has 19 heavy (non-hydrogen) atoms. The Labute approximate surface area is 121 Å². The topological polar surface area (TPSA) is 15.7 Å². The fraction of sp³-hybridized carbons (Fsp3) is 1.00. The van der Waals surface area contributed by atoms with Crippen molar-refractivity contribution in [1.29, 1.82) is 0 Å². The zero-order chi connectivity index (χ0) is 15.0. The van der Waals surface area contributed by atoms with Crippen LogP contribution in [0.4, 0.5) is 0 Å². The summed E-state index contributed by atoms with van der Waals surface area (Å²) in [7, 11) is 8.56. The van der Waals surface area contributed by atoms with Crippen molar-refractivity contribution in [2.75, 3.05) is 28.2 Å². The number of nitrogens with zero attached hydrogens (tertiary/aromatic N) is 2. The third-order valence-corrected chi connectivity index (χ3v) is 4.20. The van der Waals surface area contributed by atoms with Crippen molar-refractivity contribution in [2.24, 2.45) is 0 Å². The first-order chi connectivity index (χ1) is 8.84. The maximum Gasteiger partial charge on any atom is 0.0731 e. The third kappa shape index (κ3) is 6.73. The Balaban J connectivity index is 4.73. The van der Waals surface area contributed by atoms with E-state index in [1.54, 1.807) is 0 Å². The van der Waals surface area contributed by atoms with Gasteiger partial charge in [-0.15, -0.1) is 0 Å². The van der Waals surface area contributed by atoms with E-state index >= 15 is 0 Å². The van der Waals surface area contributed by atoms with E-state index in [0.29, 0.717) is 24.3 Å². The molecule has 0 aliphatic rings. The number of likely N-dealkylation sites (N-methyl/N-ethyl adjacent to an activating group) is 2. The van der Waals surface area contributed by atoms with Gasteiger partial charge in [-0.3, -0.25) is 0 Å².